The van der Waals surface area contributed by atoms with Crippen LogP contribution < -0.4 is 0 Å². The molecular weight excluding hydrogens is 232 g/mol. The normalized spacial score (nSPS) is 24.8. The van der Waals surface area contributed by atoms with Crippen LogP contribution in [-0.2, 0) is 19.0 Å². The van der Waals surface area contributed by atoms with Gasteiger partial charge in [0.2, 0.25) is 0 Å². The minimum absolute atomic E-state index is 0.161. The fourth-order valence-electron chi connectivity index (χ4n) is 1.94. The first-order valence-electron chi connectivity index (χ1n) is 6.12. The topological polar surface area (TPSA) is 44.8 Å². The molecule has 0 aromatic heterocycles. The fourth-order valence-corrected chi connectivity index (χ4v) is 1.94. The Morgan fingerprint density at radius 2 is 2.17 bits per heavy atom. The number of carbonyl (C=O) groups is 1. The zero-order valence-corrected chi connectivity index (χ0v) is 10.7. The van der Waals surface area contributed by atoms with Gasteiger partial charge >= 0.3 is 5.97 Å². The van der Waals surface area contributed by atoms with E-state index in [9.17, 15) is 4.79 Å². The van der Waals surface area contributed by atoms with Crippen molar-refractivity contribution in [3.8, 4) is 0 Å². The highest BCUT2D eigenvalue weighted by Gasteiger charge is 2.31. The number of hydrogen-bond donors (Lipinski definition) is 0. The van der Waals surface area contributed by atoms with Crippen molar-refractivity contribution in [2.75, 3.05) is 13.2 Å². The second-order valence-corrected chi connectivity index (χ2v) is 4.46. The molecule has 1 heterocycles. The first kappa shape index (κ1) is 13.1. The maximum atomic E-state index is 10.7. The lowest BCUT2D eigenvalue weighted by Crippen LogP contribution is -2.22. The molecule has 1 saturated heterocycles. The minimum Gasteiger partial charge on any atom is -0.463 e. The Hall–Kier alpha value is -1.39. The minimum atomic E-state index is -0.293. The largest absolute Gasteiger partial charge is 0.463 e. The molecule has 0 amide bonds. The Labute approximate surface area is 107 Å². The summed E-state index contributed by atoms with van der Waals surface area (Å²) in [7, 11) is 0. The van der Waals surface area contributed by atoms with Crippen molar-refractivity contribution in [3.63, 3.8) is 0 Å². The summed E-state index contributed by atoms with van der Waals surface area (Å²) in [6.07, 6.45) is -0.432. The number of rotatable bonds is 4. The van der Waals surface area contributed by atoms with Crippen LogP contribution >= 0.6 is 0 Å². The summed E-state index contributed by atoms with van der Waals surface area (Å²) in [6.45, 7) is 4.18. The second kappa shape index (κ2) is 5.98. The van der Waals surface area contributed by atoms with Crippen LogP contribution in [0, 0.1) is 0 Å². The van der Waals surface area contributed by atoms with E-state index in [0.29, 0.717) is 6.61 Å². The van der Waals surface area contributed by atoms with Gasteiger partial charge in [0.25, 0.3) is 0 Å². The van der Waals surface area contributed by atoms with Crippen LogP contribution in [0.15, 0.2) is 30.3 Å². The van der Waals surface area contributed by atoms with Crippen LogP contribution in [0.4, 0.5) is 0 Å². The Kier molecular flexibility index (Phi) is 4.33. The lowest BCUT2D eigenvalue weighted by Gasteiger charge is -2.19. The zero-order chi connectivity index (χ0) is 13.0. The summed E-state index contributed by atoms with van der Waals surface area (Å²) in [5, 5.41) is 0. The van der Waals surface area contributed by atoms with Crippen molar-refractivity contribution < 1.29 is 19.0 Å². The van der Waals surface area contributed by atoms with Crippen molar-refractivity contribution >= 4 is 5.97 Å². The molecule has 0 saturated carbocycles. The summed E-state index contributed by atoms with van der Waals surface area (Å²) < 4.78 is 16.2. The fraction of sp³-hybridized carbons (Fsp3) is 0.500. The Morgan fingerprint density at radius 1 is 1.44 bits per heavy atom. The molecule has 0 aliphatic carbocycles. The van der Waals surface area contributed by atoms with E-state index in [2.05, 4.69) is 19.1 Å². The average molecular weight is 250 g/mol. The molecule has 0 bridgehead atoms. The van der Waals surface area contributed by atoms with E-state index >= 15 is 0 Å². The Morgan fingerprint density at radius 3 is 2.83 bits per heavy atom. The van der Waals surface area contributed by atoms with E-state index in [1.54, 1.807) is 0 Å². The van der Waals surface area contributed by atoms with Gasteiger partial charge in [-0.25, -0.2) is 0 Å². The lowest BCUT2D eigenvalue weighted by molar-refractivity contribution is -0.145. The Balaban J connectivity index is 1.87. The van der Waals surface area contributed by atoms with E-state index in [-0.39, 0.29) is 30.9 Å². The number of benzene rings is 1. The molecule has 1 aromatic carbocycles. The zero-order valence-electron chi connectivity index (χ0n) is 10.7. The van der Waals surface area contributed by atoms with Crippen LogP contribution in [0.1, 0.15) is 25.3 Å². The molecule has 1 aromatic rings. The summed E-state index contributed by atoms with van der Waals surface area (Å²) >= 11 is 0. The molecule has 0 spiro atoms. The van der Waals surface area contributed by atoms with E-state index < -0.39 is 0 Å². The average Bonchev–Trinajstić information content (AvgIpc) is 2.85. The first-order chi connectivity index (χ1) is 8.66. The van der Waals surface area contributed by atoms with Gasteiger partial charge in [0.05, 0.1) is 6.61 Å². The molecule has 3 atom stereocenters. The molecule has 1 aliphatic heterocycles. The van der Waals surface area contributed by atoms with Gasteiger partial charge in [0, 0.05) is 12.8 Å². The maximum absolute atomic E-state index is 10.7. The second-order valence-electron chi connectivity index (χ2n) is 4.46. The predicted molar refractivity (Wildman–Crippen MR) is 66.1 cm³/mol. The monoisotopic (exact) mass is 250 g/mol. The number of hydrogen-bond acceptors (Lipinski definition) is 4. The first-order valence-corrected chi connectivity index (χ1v) is 6.12. The molecule has 98 valence electrons. The van der Waals surface area contributed by atoms with Crippen LogP contribution in [0.2, 0.25) is 0 Å². The van der Waals surface area contributed by atoms with Crippen molar-refractivity contribution in [1.82, 2.24) is 0 Å². The van der Waals surface area contributed by atoms with Crippen LogP contribution in [0.25, 0.3) is 0 Å². The van der Waals surface area contributed by atoms with Crippen LogP contribution in [-0.4, -0.2) is 31.6 Å². The van der Waals surface area contributed by atoms with Crippen molar-refractivity contribution in [3.05, 3.63) is 35.9 Å². The quantitative estimate of drug-likeness (QED) is 0.768. The molecule has 0 radical (unpaired) electrons. The van der Waals surface area contributed by atoms with Gasteiger partial charge in [0.15, 0.2) is 6.29 Å². The third-order valence-corrected chi connectivity index (χ3v) is 2.98. The summed E-state index contributed by atoms with van der Waals surface area (Å²) in [4.78, 5) is 10.7. The summed E-state index contributed by atoms with van der Waals surface area (Å²) in [5.74, 6) is -0.133. The van der Waals surface area contributed by atoms with Crippen molar-refractivity contribution in [2.24, 2.45) is 0 Å². The van der Waals surface area contributed by atoms with Gasteiger partial charge in [-0.1, -0.05) is 37.3 Å². The summed E-state index contributed by atoms with van der Waals surface area (Å²) in [5.41, 5.74) is 1.18. The molecule has 0 unspecified atom stereocenters. The molecule has 4 nitrogen and oxygen atoms in total. The number of esters is 1. The smallest absolute Gasteiger partial charge is 0.302 e. The van der Waals surface area contributed by atoms with Gasteiger partial charge < -0.3 is 14.2 Å². The van der Waals surface area contributed by atoms with E-state index in [0.717, 1.165) is 0 Å². The predicted octanol–water partition coefficient (Wildman–Crippen LogP) is 2.09. The van der Waals surface area contributed by atoms with Crippen molar-refractivity contribution in [1.29, 1.82) is 0 Å². The van der Waals surface area contributed by atoms with Gasteiger partial charge in [-0.15, -0.1) is 0 Å². The SMILES string of the molecule is CC(=O)OC[C@H]1CO[C@@H]([C@@H](C)c2ccccc2)O1. The molecule has 0 N–H and O–H groups in total. The molecule has 18 heavy (non-hydrogen) atoms. The molecule has 2 rings (SSSR count). The van der Waals surface area contributed by atoms with Gasteiger partial charge in [-0.2, -0.15) is 0 Å². The standard InChI is InChI=1S/C14H18O4/c1-10(12-6-4-3-5-7-12)14-17-9-13(18-14)8-16-11(2)15/h3-7,10,13-14H,8-9H2,1-2H3/t10-,13-,14+/m0/s1. The molecule has 1 aliphatic rings. The maximum Gasteiger partial charge on any atom is 0.302 e. The molecule has 1 fully saturated rings. The van der Waals surface area contributed by atoms with E-state index in [4.69, 9.17) is 14.2 Å². The third kappa shape index (κ3) is 3.31. The van der Waals surface area contributed by atoms with Crippen LogP contribution in [0.5, 0.6) is 0 Å². The lowest BCUT2D eigenvalue weighted by atomic mass is 10.0. The third-order valence-electron chi connectivity index (χ3n) is 2.98. The highest BCUT2D eigenvalue weighted by atomic mass is 16.7. The highest BCUT2D eigenvalue weighted by molar-refractivity contribution is 5.65. The number of carbonyl (C=O) groups excluding carboxylic acids is 1. The van der Waals surface area contributed by atoms with Crippen LogP contribution in [0.3, 0.4) is 0 Å². The van der Waals surface area contributed by atoms with E-state index in [1.165, 1.54) is 12.5 Å². The highest BCUT2D eigenvalue weighted by Crippen LogP contribution is 2.27. The molecule has 4 heteroatoms. The summed E-state index contributed by atoms with van der Waals surface area (Å²) in [6, 6.07) is 10.1. The van der Waals surface area contributed by atoms with Crippen molar-refractivity contribution in [2.45, 2.75) is 32.2 Å². The number of ether oxygens (including phenoxy) is 3. The van der Waals surface area contributed by atoms with Gasteiger partial charge in [-0.05, 0) is 5.56 Å². The Bertz CT molecular complexity index is 390. The van der Waals surface area contributed by atoms with Gasteiger partial charge in [-0.3, -0.25) is 4.79 Å². The van der Waals surface area contributed by atoms with Gasteiger partial charge in [0.1, 0.15) is 12.7 Å². The van der Waals surface area contributed by atoms with E-state index in [1.807, 2.05) is 18.2 Å². The molecular formula is C14H18O4.